The molecule has 1 N–H and O–H groups in total. The minimum Gasteiger partial charge on any atom is -0.335 e. The number of carbonyl (C=O) groups is 2. The third-order valence-electron chi connectivity index (χ3n) is 6.93. The summed E-state index contributed by atoms with van der Waals surface area (Å²) in [7, 11) is 2.02. The fraction of sp³-hybridized carbons (Fsp3) is 0.913. The van der Waals surface area contributed by atoms with E-state index in [4.69, 9.17) is 0 Å². The van der Waals surface area contributed by atoms with Crippen molar-refractivity contribution in [1.29, 1.82) is 0 Å². The van der Waals surface area contributed by atoms with Crippen molar-refractivity contribution in [1.82, 2.24) is 15.1 Å². The first-order valence-electron chi connectivity index (χ1n) is 11.7. The molecule has 0 spiro atoms. The second kappa shape index (κ2) is 11.3. The Kier molecular flexibility index (Phi) is 9.38. The van der Waals surface area contributed by atoms with Gasteiger partial charge in [-0.1, -0.05) is 20.3 Å². The van der Waals surface area contributed by atoms with E-state index in [2.05, 4.69) is 29.0 Å². The maximum absolute atomic E-state index is 12.9. The van der Waals surface area contributed by atoms with Crippen LogP contribution in [-0.2, 0) is 9.59 Å². The van der Waals surface area contributed by atoms with Gasteiger partial charge in [0.05, 0.1) is 18.8 Å². The van der Waals surface area contributed by atoms with Crippen LogP contribution in [0.3, 0.4) is 0 Å². The molecule has 2 amide bonds. The summed E-state index contributed by atoms with van der Waals surface area (Å²) < 4.78 is 10.7. The predicted octanol–water partition coefficient (Wildman–Crippen LogP) is 3.62. The van der Waals surface area contributed by atoms with Crippen LogP contribution in [0, 0.1) is 17.8 Å². The molecule has 2 aliphatic carbocycles. The smallest absolute Gasteiger partial charge is 0.226 e. The number of fused-ring (bicyclic) bond motifs is 1. The number of hydrogen-bond acceptors (Lipinski definition) is 3. The second-order valence-electron chi connectivity index (χ2n) is 9.16. The molecule has 5 nitrogen and oxygen atoms in total. The van der Waals surface area contributed by atoms with Gasteiger partial charge in [-0.3, -0.25) is 14.0 Å². The maximum atomic E-state index is 12.9. The summed E-state index contributed by atoms with van der Waals surface area (Å²) in [6.07, 6.45) is 7.19. The zero-order valence-corrected chi connectivity index (χ0v) is 19.1. The molecule has 1 heterocycles. The molecule has 1 saturated heterocycles. The van der Waals surface area contributed by atoms with Gasteiger partial charge in [-0.05, 0) is 70.9 Å². The molecule has 3 rings (SSSR count). The summed E-state index contributed by atoms with van der Waals surface area (Å²) in [6, 6.07) is 0.572. The highest BCUT2D eigenvalue weighted by molar-refractivity contribution is 5.82. The first kappa shape index (κ1) is 24.1. The largest absolute Gasteiger partial charge is 0.335 e. The Hall–Kier alpha value is -1.17. The van der Waals surface area contributed by atoms with Crippen LogP contribution in [0.15, 0.2) is 0 Å². The molecule has 0 bridgehead atoms. The SMILES string of the molecule is CCC(CNC)C1CCC2C(C1)N(C(=O)C1CC1)CC(C)N2C(C)=O.CCCF. The van der Waals surface area contributed by atoms with Crippen LogP contribution < -0.4 is 5.32 Å². The molecule has 5 atom stereocenters. The summed E-state index contributed by atoms with van der Waals surface area (Å²) in [5.74, 6) is 2.09. The maximum Gasteiger partial charge on any atom is 0.226 e. The first-order chi connectivity index (χ1) is 13.9. The molecule has 168 valence electrons. The molecule has 0 radical (unpaired) electrons. The van der Waals surface area contributed by atoms with E-state index < -0.39 is 0 Å². The van der Waals surface area contributed by atoms with Crippen molar-refractivity contribution in [2.45, 2.75) is 90.8 Å². The van der Waals surface area contributed by atoms with E-state index in [0.29, 0.717) is 30.7 Å². The number of hydrogen-bond donors (Lipinski definition) is 1. The molecule has 1 aliphatic heterocycles. The van der Waals surface area contributed by atoms with E-state index in [0.717, 1.165) is 32.2 Å². The summed E-state index contributed by atoms with van der Waals surface area (Å²) in [5.41, 5.74) is 0. The van der Waals surface area contributed by atoms with Gasteiger partial charge < -0.3 is 15.1 Å². The predicted molar refractivity (Wildman–Crippen MR) is 115 cm³/mol. The van der Waals surface area contributed by atoms with Crippen LogP contribution >= 0.6 is 0 Å². The lowest BCUT2D eigenvalue weighted by Crippen LogP contribution is -2.67. The number of amides is 2. The first-order valence-corrected chi connectivity index (χ1v) is 11.7. The Balaban J connectivity index is 0.000000687. The van der Waals surface area contributed by atoms with E-state index in [9.17, 15) is 14.0 Å². The van der Waals surface area contributed by atoms with Crippen molar-refractivity contribution in [3.8, 4) is 0 Å². The standard InChI is InChI=1S/C20H35N3O2.C3H7F/c1-5-15(11-21-4)17-8-9-18-19(10-17)22(20(25)16-6-7-16)12-13(2)23(18)14(3)24;1-2-3-4/h13,15-19,21H,5-12H2,1-4H3;2-3H2,1H3. The molecule has 0 aromatic rings. The molecule has 0 aromatic carbocycles. The van der Waals surface area contributed by atoms with Gasteiger partial charge in [0.15, 0.2) is 0 Å². The summed E-state index contributed by atoms with van der Waals surface area (Å²) in [4.78, 5) is 29.4. The van der Waals surface area contributed by atoms with E-state index in [1.807, 2.05) is 7.05 Å². The van der Waals surface area contributed by atoms with Crippen molar-refractivity contribution in [3.63, 3.8) is 0 Å². The number of carbonyl (C=O) groups excluding carboxylic acids is 2. The second-order valence-corrected chi connectivity index (χ2v) is 9.16. The quantitative estimate of drug-likeness (QED) is 0.726. The molecule has 0 aromatic heterocycles. The third kappa shape index (κ3) is 5.93. The number of alkyl halides is 1. The molecule has 29 heavy (non-hydrogen) atoms. The number of halogens is 1. The average molecular weight is 412 g/mol. The van der Waals surface area contributed by atoms with Crippen molar-refractivity contribution in [3.05, 3.63) is 0 Å². The van der Waals surface area contributed by atoms with Crippen molar-refractivity contribution in [2.75, 3.05) is 26.8 Å². The highest BCUT2D eigenvalue weighted by atomic mass is 19.1. The van der Waals surface area contributed by atoms with E-state index >= 15 is 0 Å². The highest BCUT2D eigenvalue weighted by Crippen LogP contribution is 2.41. The number of nitrogens with one attached hydrogen (secondary N) is 1. The molecule has 5 unspecified atom stereocenters. The Bertz CT molecular complexity index is 538. The lowest BCUT2D eigenvalue weighted by molar-refractivity contribution is -0.155. The Morgan fingerprint density at radius 2 is 1.79 bits per heavy atom. The van der Waals surface area contributed by atoms with Crippen LogP contribution in [0.5, 0.6) is 0 Å². The van der Waals surface area contributed by atoms with Gasteiger partial charge in [0.25, 0.3) is 0 Å². The lowest BCUT2D eigenvalue weighted by atomic mass is 9.72. The monoisotopic (exact) mass is 411 g/mol. The van der Waals surface area contributed by atoms with Crippen LogP contribution in [-0.4, -0.2) is 66.6 Å². The van der Waals surface area contributed by atoms with Crippen LogP contribution in [0.2, 0.25) is 0 Å². The van der Waals surface area contributed by atoms with Gasteiger partial charge in [-0.15, -0.1) is 0 Å². The minimum absolute atomic E-state index is 0.136. The van der Waals surface area contributed by atoms with E-state index in [-0.39, 0.29) is 36.6 Å². The van der Waals surface area contributed by atoms with Crippen molar-refractivity contribution < 1.29 is 14.0 Å². The van der Waals surface area contributed by atoms with Crippen molar-refractivity contribution in [2.24, 2.45) is 17.8 Å². The van der Waals surface area contributed by atoms with Gasteiger partial charge in [0.1, 0.15) is 0 Å². The lowest BCUT2D eigenvalue weighted by Gasteiger charge is -2.54. The molecule has 3 aliphatic rings. The van der Waals surface area contributed by atoms with E-state index in [1.165, 1.54) is 12.8 Å². The average Bonchev–Trinajstić information content (AvgIpc) is 3.55. The van der Waals surface area contributed by atoms with Crippen LogP contribution in [0.4, 0.5) is 4.39 Å². The van der Waals surface area contributed by atoms with Gasteiger partial charge in [-0.2, -0.15) is 0 Å². The topological polar surface area (TPSA) is 52.7 Å². The molecular weight excluding hydrogens is 369 g/mol. The number of nitrogens with zero attached hydrogens (tertiary/aromatic N) is 2. The summed E-state index contributed by atoms with van der Waals surface area (Å²) in [5, 5.41) is 3.34. The number of piperazine rings is 1. The summed E-state index contributed by atoms with van der Waals surface area (Å²) >= 11 is 0. The molecular formula is C23H42FN3O2. The van der Waals surface area contributed by atoms with Crippen LogP contribution in [0.25, 0.3) is 0 Å². The Morgan fingerprint density at radius 3 is 2.28 bits per heavy atom. The van der Waals surface area contributed by atoms with Gasteiger partial charge in [0, 0.05) is 25.4 Å². The van der Waals surface area contributed by atoms with Gasteiger partial charge >= 0.3 is 0 Å². The van der Waals surface area contributed by atoms with E-state index in [1.54, 1.807) is 13.8 Å². The molecule has 3 fully saturated rings. The van der Waals surface area contributed by atoms with Crippen molar-refractivity contribution >= 4 is 11.8 Å². The third-order valence-corrected chi connectivity index (χ3v) is 6.93. The molecule has 2 saturated carbocycles. The Morgan fingerprint density at radius 1 is 1.14 bits per heavy atom. The summed E-state index contributed by atoms with van der Waals surface area (Å²) in [6.45, 7) is 9.44. The van der Waals surface area contributed by atoms with Gasteiger partial charge in [-0.25, -0.2) is 0 Å². The fourth-order valence-electron chi connectivity index (χ4n) is 5.35. The minimum atomic E-state index is -0.181. The fourth-order valence-corrected chi connectivity index (χ4v) is 5.35. The highest BCUT2D eigenvalue weighted by Gasteiger charge is 2.49. The zero-order chi connectivity index (χ0) is 21.6. The number of rotatable bonds is 6. The van der Waals surface area contributed by atoms with Gasteiger partial charge in [0.2, 0.25) is 11.8 Å². The zero-order valence-electron chi connectivity index (χ0n) is 19.1. The van der Waals surface area contributed by atoms with Crippen LogP contribution in [0.1, 0.15) is 72.6 Å². The Labute approximate surface area is 176 Å². The molecule has 6 heteroatoms. The normalized spacial score (nSPS) is 30.1.